The minimum atomic E-state index is -1.38. The maximum atomic E-state index is 12.4. The largest absolute Gasteiger partial charge is 0.453 e. The molecule has 124 valence electrons. The molecule has 3 fully saturated rings. The van der Waals surface area contributed by atoms with E-state index in [2.05, 4.69) is 0 Å². The molecule has 0 aromatic heterocycles. The number of fused-ring (bicyclic) bond motifs is 1. The third kappa shape index (κ3) is 3.13. The molecule has 22 heavy (non-hydrogen) atoms. The zero-order valence-corrected chi connectivity index (χ0v) is 13.0. The van der Waals surface area contributed by atoms with Crippen LogP contribution < -0.4 is 0 Å². The maximum Gasteiger partial charge on any atom is 0.338 e. The van der Waals surface area contributed by atoms with E-state index in [0.29, 0.717) is 26.0 Å². The Bertz CT molecular complexity index is 430. The zero-order chi connectivity index (χ0) is 15.6. The summed E-state index contributed by atoms with van der Waals surface area (Å²) < 4.78 is 10.8. The molecule has 2 atom stereocenters. The van der Waals surface area contributed by atoms with Crippen LogP contribution >= 0.6 is 0 Å². The van der Waals surface area contributed by atoms with Crippen LogP contribution in [0.2, 0.25) is 0 Å². The van der Waals surface area contributed by atoms with Gasteiger partial charge >= 0.3 is 5.97 Å². The Morgan fingerprint density at radius 2 is 1.91 bits per heavy atom. The zero-order valence-electron chi connectivity index (χ0n) is 13.0. The lowest BCUT2D eigenvalue weighted by Gasteiger charge is -2.43. The lowest BCUT2D eigenvalue weighted by atomic mass is 9.90. The van der Waals surface area contributed by atoms with E-state index < -0.39 is 11.6 Å². The highest BCUT2D eigenvalue weighted by molar-refractivity contribution is 5.84. The molecule has 0 spiro atoms. The van der Waals surface area contributed by atoms with Gasteiger partial charge in [-0.15, -0.1) is 0 Å². The molecule has 2 saturated carbocycles. The highest BCUT2D eigenvalue weighted by atomic mass is 16.6. The molecule has 3 rings (SSSR count). The number of carbonyl (C=O) groups excluding carboxylic acids is 2. The highest BCUT2D eigenvalue weighted by Gasteiger charge is 2.41. The number of hydrogen-bond acceptors (Lipinski definition) is 5. The topological polar surface area (TPSA) is 76.1 Å². The molecular formula is C16H25NO5. The van der Waals surface area contributed by atoms with Gasteiger partial charge in [0.1, 0.15) is 0 Å². The summed E-state index contributed by atoms with van der Waals surface area (Å²) in [6, 6.07) is 0.114. The van der Waals surface area contributed by atoms with Gasteiger partial charge in [0.05, 0.1) is 18.8 Å². The predicted octanol–water partition coefficient (Wildman–Crippen LogP) is 1.00. The van der Waals surface area contributed by atoms with Gasteiger partial charge in [0.2, 0.25) is 0 Å². The Labute approximate surface area is 130 Å². The average Bonchev–Trinajstić information content (AvgIpc) is 2.99. The van der Waals surface area contributed by atoms with Crippen molar-refractivity contribution in [3.8, 4) is 0 Å². The molecule has 0 aromatic rings. The van der Waals surface area contributed by atoms with Gasteiger partial charge in [0.25, 0.3) is 5.91 Å². The monoisotopic (exact) mass is 311 g/mol. The second-order valence-corrected chi connectivity index (χ2v) is 6.66. The van der Waals surface area contributed by atoms with Crippen molar-refractivity contribution in [3.63, 3.8) is 0 Å². The van der Waals surface area contributed by atoms with Crippen LogP contribution in [0.1, 0.15) is 51.4 Å². The molecule has 0 radical (unpaired) electrons. The van der Waals surface area contributed by atoms with E-state index in [-0.39, 0.29) is 24.7 Å². The number of nitrogens with zero attached hydrogens (tertiary/aromatic N) is 1. The second-order valence-electron chi connectivity index (χ2n) is 6.66. The molecule has 1 amide bonds. The number of morpholine rings is 1. The van der Waals surface area contributed by atoms with Crippen molar-refractivity contribution in [1.29, 1.82) is 0 Å². The molecule has 6 heteroatoms. The number of carbonyl (C=O) groups is 2. The first-order chi connectivity index (χ1) is 10.6. The third-order valence-corrected chi connectivity index (χ3v) is 5.19. The normalized spacial score (nSPS) is 30.7. The van der Waals surface area contributed by atoms with Crippen LogP contribution in [0.4, 0.5) is 0 Å². The smallest absolute Gasteiger partial charge is 0.338 e. The molecule has 1 aliphatic heterocycles. The first kappa shape index (κ1) is 15.7. The fourth-order valence-corrected chi connectivity index (χ4v) is 3.91. The molecule has 2 aliphatic carbocycles. The van der Waals surface area contributed by atoms with Crippen LogP contribution in [0.3, 0.4) is 0 Å². The molecule has 1 N–H and O–H groups in total. The number of hydrogen-bond donors (Lipinski definition) is 1. The van der Waals surface area contributed by atoms with Crippen molar-refractivity contribution < 1.29 is 24.2 Å². The summed E-state index contributed by atoms with van der Waals surface area (Å²) in [5.74, 6) is -0.818. The summed E-state index contributed by atoms with van der Waals surface area (Å²) in [6.07, 6.45) is 6.84. The number of esters is 1. The van der Waals surface area contributed by atoms with Crippen LogP contribution in [0, 0.1) is 0 Å². The number of amides is 1. The Balaban J connectivity index is 1.53. The summed E-state index contributed by atoms with van der Waals surface area (Å²) in [4.78, 5) is 26.2. The minimum absolute atomic E-state index is 0.114. The number of aliphatic hydroxyl groups is 1. The van der Waals surface area contributed by atoms with Gasteiger partial charge < -0.3 is 19.5 Å². The van der Waals surface area contributed by atoms with E-state index >= 15 is 0 Å². The van der Waals surface area contributed by atoms with E-state index in [0.717, 1.165) is 38.5 Å². The van der Waals surface area contributed by atoms with Crippen molar-refractivity contribution in [2.45, 2.75) is 69.1 Å². The molecule has 6 nitrogen and oxygen atoms in total. The summed E-state index contributed by atoms with van der Waals surface area (Å²) >= 11 is 0. The molecule has 1 heterocycles. The van der Waals surface area contributed by atoms with Crippen LogP contribution in [-0.4, -0.2) is 59.4 Å². The number of rotatable bonds is 3. The molecular weight excluding hydrogens is 286 g/mol. The molecule has 1 saturated heterocycles. The van der Waals surface area contributed by atoms with Crippen LogP contribution in [0.5, 0.6) is 0 Å². The van der Waals surface area contributed by atoms with Crippen LogP contribution in [0.15, 0.2) is 0 Å². The summed E-state index contributed by atoms with van der Waals surface area (Å²) in [5.41, 5.74) is -1.38. The van der Waals surface area contributed by atoms with Gasteiger partial charge in [0.15, 0.2) is 12.2 Å². The first-order valence-corrected chi connectivity index (χ1v) is 8.41. The molecule has 0 aromatic carbocycles. The standard InChI is InChI=1S/C16H25NO5/c18-14(11-22-15(19)16(20)7-3-4-8-16)17-9-10-21-13-6-2-1-5-12(13)17/h12-13,20H,1-11H2/t12-,13+/m0/s1. The van der Waals surface area contributed by atoms with Crippen molar-refractivity contribution in [2.75, 3.05) is 19.8 Å². The van der Waals surface area contributed by atoms with Crippen molar-refractivity contribution in [3.05, 3.63) is 0 Å². The Kier molecular flexibility index (Phi) is 4.68. The van der Waals surface area contributed by atoms with E-state index in [1.165, 1.54) is 0 Å². The quantitative estimate of drug-likeness (QED) is 0.787. The van der Waals surface area contributed by atoms with E-state index in [1.54, 1.807) is 4.90 Å². The van der Waals surface area contributed by atoms with Gasteiger partial charge in [-0.1, -0.05) is 12.8 Å². The first-order valence-electron chi connectivity index (χ1n) is 8.41. The molecule has 0 bridgehead atoms. The second kappa shape index (κ2) is 6.54. The minimum Gasteiger partial charge on any atom is -0.453 e. The van der Waals surface area contributed by atoms with Crippen molar-refractivity contribution >= 4 is 11.9 Å². The van der Waals surface area contributed by atoms with E-state index in [1.807, 2.05) is 0 Å². The van der Waals surface area contributed by atoms with Gasteiger partial charge in [-0.3, -0.25) is 4.79 Å². The van der Waals surface area contributed by atoms with E-state index in [9.17, 15) is 14.7 Å². The molecule has 0 unspecified atom stereocenters. The van der Waals surface area contributed by atoms with Crippen LogP contribution in [-0.2, 0) is 19.1 Å². The number of ether oxygens (including phenoxy) is 2. The SMILES string of the molecule is O=C(COC(=O)C1(O)CCCC1)N1CCO[C@@H]2CCCC[C@@H]21. The van der Waals surface area contributed by atoms with Crippen molar-refractivity contribution in [1.82, 2.24) is 4.90 Å². The van der Waals surface area contributed by atoms with Gasteiger partial charge in [-0.05, 0) is 38.5 Å². The fourth-order valence-electron chi connectivity index (χ4n) is 3.91. The predicted molar refractivity (Wildman–Crippen MR) is 78.1 cm³/mol. The van der Waals surface area contributed by atoms with E-state index in [4.69, 9.17) is 9.47 Å². The molecule has 3 aliphatic rings. The van der Waals surface area contributed by atoms with Gasteiger partial charge in [0, 0.05) is 6.54 Å². The lowest BCUT2D eigenvalue weighted by Crippen LogP contribution is -2.56. The third-order valence-electron chi connectivity index (χ3n) is 5.19. The average molecular weight is 311 g/mol. The Morgan fingerprint density at radius 1 is 1.18 bits per heavy atom. The summed E-state index contributed by atoms with van der Waals surface area (Å²) in [6.45, 7) is 0.830. The van der Waals surface area contributed by atoms with Gasteiger partial charge in [-0.25, -0.2) is 4.79 Å². The fraction of sp³-hybridized carbons (Fsp3) is 0.875. The Hall–Kier alpha value is -1.14. The highest BCUT2D eigenvalue weighted by Crippen LogP contribution is 2.31. The summed E-state index contributed by atoms with van der Waals surface area (Å²) in [5, 5.41) is 10.2. The lowest BCUT2D eigenvalue weighted by molar-refractivity contribution is -0.172. The van der Waals surface area contributed by atoms with Gasteiger partial charge in [-0.2, -0.15) is 0 Å². The Morgan fingerprint density at radius 3 is 2.68 bits per heavy atom. The summed E-state index contributed by atoms with van der Waals surface area (Å²) in [7, 11) is 0. The maximum absolute atomic E-state index is 12.4. The van der Waals surface area contributed by atoms with Crippen LogP contribution in [0.25, 0.3) is 0 Å². The van der Waals surface area contributed by atoms with Crippen molar-refractivity contribution in [2.24, 2.45) is 0 Å².